The highest BCUT2D eigenvalue weighted by molar-refractivity contribution is 7.89. The first kappa shape index (κ1) is 16.1. The zero-order valence-corrected chi connectivity index (χ0v) is 13.3. The molecule has 21 heavy (non-hydrogen) atoms. The highest BCUT2D eigenvalue weighted by Gasteiger charge is 2.25. The predicted octanol–water partition coefficient (Wildman–Crippen LogP) is 1.10. The second-order valence-electron chi connectivity index (χ2n) is 5.05. The number of ether oxygens (including phenoxy) is 1. The quantitative estimate of drug-likeness (QED) is 0.846. The van der Waals surface area contributed by atoms with E-state index < -0.39 is 10.0 Å². The second-order valence-corrected chi connectivity index (χ2v) is 7.09. The lowest BCUT2D eigenvalue weighted by Crippen LogP contribution is -2.37. The minimum absolute atomic E-state index is 0.0273. The predicted molar refractivity (Wildman–Crippen MR) is 79.6 cm³/mol. The Morgan fingerprint density at radius 3 is 2.67 bits per heavy atom. The van der Waals surface area contributed by atoms with Crippen LogP contribution >= 0.6 is 0 Å². The number of hydrogen-bond donors (Lipinski definition) is 1. The lowest BCUT2D eigenvalue weighted by molar-refractivity contribution is 0.00858. The first-order valence-electron chi connectivity index (χ1n) is 7.18. The van der Waals surface area contributed by atoms with Crippen LogP contribution in [0.25, 0.3) is 0 Å². The number of aromatic nitrogens is 2. The summed E-state index contributed by atoms with van der Waals surface area (Å²) in [5.41, 5.74) is 0. The molecule has 1 aromatic rings. The minimum atomic E-state index is -3.57. The first-order chi connectivity index (χ1) is 10.0. The maximum atomic E-state index is 12.4. The Balaban J connectivity index is 2.05. The van der Waals surface area contributed by atoms with Crippen molar-refractivity contribution < 1.29 is 13.2 Å². The molecule has 2 heterocycles. The molecule has 1 fully saturated rings. The van der Waals surface area contributed by atoms with E-state index in [9.17, 15) is 8.42 Å². The van der Waals surface area contributed by atoms with Crippen molar-refractivity contribution in [3.8, 4) is 0 Å². The summed E-state index contributed by atoms with van der Waals surface area (Å²) >= 11 is 0. The third-order valence-corrected chi connectivity index (χ3v) is 5.18. The van der Waals surface area contributed by atoms with Gasteiger partial charge in [0.05, 0.1) is 18.5 Å². The van der Waals surface area contributed by atoms with E-state index in [2.05, 4.69) is 15.3 Å². The first-order valence-corrected chi connectivity index (χ1v) is 8.62. The van der Waals surface area contributed by atoms with Gasteiger partial charge in [0.1, 0.15) is 4.90 Å². The van der Waals surface area contributed by atoms with E-state index in [1.54, 1.807) is 7.05 Å². The largest absolute Gasteiger partial charge is 0.377 e. The molecule has 0 spiro atoms. The number of hydrogen-bond acceptors (Lipinski definition) is 6. The van der Waals surface area contributed by atoms with Crippen molar-refractivity contribution in [2.24, 2.45) is 0 Å². The number of likely N-dealkylation sites (N-methyl/N-ethyl adjacent to an activating group) is 1. The highest BCUT2D eigenvalue weighted by Crippen LogP contribution is 2.18. The average molecular weight is 314 g/mol. The Morgan fingerprint density at radius 1 is 1.38 bits per heavy atom. The molecule has 1 atom stereocenters. The van der Waals surface area contributed by atoms with Crippen LogP contribution in [0.2, 0.25) is 0 Å². The van der Waals surface area contributed by atoms with E-state index in [0.29, 0.717) is 25.6 Å². The Kier molecular flexibility index (Phi) is 5.49. The summed E-state index contributed by atoms with van der Waals surface area (Å²) in [4.78, 5) is 8.11. The molecule has 7 nitrogen and oxygen atoms in total. The van der Waals surface area contributed by atoms with Crippen LogP contribution < -0.4 is 5.32 Å². The van der Waals surface area contributed by atoms with Crippen LogP contribution in [0, 0.1) is 0 Å². The van der Waals surface area contributed by atoms with Crippen molar-refractivity contribution in [3.05, 3.63) is 12.4 Å². The van der Waals surface area contributed by atoms with Crippen LogP contribution in [0.1, 0.15) is 26.2 Å². The molecule has 0 aliphatic carbocycles. The van der Waals surface area contributed by atoms with E-state index in [1.807, 2.05) is 6.92 Å². The second kappa shape index (κ2) is 7.15. The van der Waals surface area contributed by atoms with Crippen molar-refractivity contribution in [1.82, 2.24) is 14.3 Å². The standard InChI is InChI=1S/C13H22N4O3S/c1-3-14-13-15-8-12(9-16-13)21(18,19)17(2)10-11-6-4-5-7-20-11/h8-9,11H,3-7,10H2,1-2H3,(H,14,15,16). The van der Waals surface area contributed by atoms with Gasteiger partial charge in [0.2, 0.25) is 16.0 Å². The summed E-state index contributed by atoms with van der Waals surface area (Å²) in [7, 11) is -2.01. The summed E-state index contributed by atoms with van der Waals surface area (Å²) in [6.45, 7) is 3.67. The van der Waals surface area contributed by atoms with Gasteiger partial charge in [-0.1, -0.05) is 0 Å². The molecule has 118 valence electrons. The van der Waals surface area contributed by atoms with Gasteiger partial charge in [-0.3, -0.25) is 0 Å². The zero-order valence-electron chi connectivity index (χ0n) is 12.4. The van der Waals surface area contributed by atoms with Crippen LogP contribution in [0.3, 0.4) is 0 Å². The van der Waals surface area contributed by atoms with Gasteiger partial charge in [0.15, 0.2) is 0 Å². The lowest BCUT2D eigenvalue weighted by Gasteiger charge is -2.26. The molecule has 1 aliphatic rings. The van der Waals surface area contributed by atoms with Gasteiger partial charge >= 0.3 is 0 Å². The SMILES string of the molecule is CCNc1ncc(S(=O)(=O)N(C)CC2CCCCO2)cn1. The summed E-state index contributed by atoms with van der Waals surface area (Å²) in [5.74, 6) is 0.426. The Bertz CT molecular complexity index is 541. The minimum Gasteiger partial charge on any atom is -0.377 e. The van der Waals surface area contributed by atoms with Gasteiger partial charge in [-0.05, 0) is 26.2 Å². The van der Waals surface area contributed by atoms with Crippen LogP contribution in [0.15, 0.2) is 17.3 Å². The van der Waals surface area contributed by atoms with E-state index in [0.717, 1.165) is 19.3 Å². The summed E-state index contributed by atoms with van der Waals surface area (Å²) in [6.07, 6.45) is 5.67. The molecule has 0 aromatic carbocycles. The fourth-order valence-electron chi connectivity index (χ4n) is 2.22. The molecule has 0 amide bonds. The van der Waals surface area contributed by atoms with Gasteiger partial charge < -0.3 is 10.1 Å². The van der Waals surface area contributed by atoms with Gasteiger partial charge in [-0.15, -0.1) is 0 Å². The highest BCUT2D eigenvalue weighted by atomic mass is 32.2. The molecule has 0 bridgehead atoms. The molecule has 2 rings (SSSR count). The molecule has 8 heteroatoms. The zero-order chi connectivity index (χ0) is 15.3. The molecule has 0 saturated carbocycles. The molecular formula is C13H22N4O3S. The average Bonchev–Trinajstić information content (AvgIpc) is 2.49. The maximum Gasteiger partial charge on any atom is 0.245 e. The van der Waals surface area contributed by atoms with Crippen molar-refractivity contribution in [2.45, 2.75) is 37.2 Å². The monoisotopic (exact) mass is 314 g/mol. The van der Waals surface area contributed by atoms with Crippen LogP contribution in [0.5, 0.6) is 0 Å². The third-order valence-electron chi connectivity index (χ3n) is 3.41. The number of anilines is 1. The maximum absolute atomic E-state index is 12.4. The molecule has 1 aliphatic heterocycles. The summed E-state index contributed by atoms with van der Waals surface area (Å²) in [5, 5.41) is 2.93. The van der Waals surface area contributed by atoms with Crippen LogP contribution in [0.4, 0.5) is 5.95 Å². The molecule has 0 radical (unpaired) electrons. The third kappa shape index (κ3) is 4.12. The van der Waals surface area contributed by atoms with E-state index >= 15 is 0 Å². The molecule has 1 unspecified atom stereocenters. The normalized spacial score (nSPS) is 19.7. The van der Waals surface area contributed by atoms with Crippen molar-refractivity contribution in [1.29, 1.82) is 0 Å². The van der Waals surface area contributed by atoms with Gasteiger partial charge in [-0.25, -0.2) is 18.4 Å². The fourth-order valence-corrected chi connectivity index (χ4v) is 3.31. The topological polar surface area (TPSA) is 84.4 Å². The Hall–Kier alpha value is -1.25. The van der Waals surface area contributed by atoms with Gasteiger partial charge in [0.25, 0.3) is 0 Å². The number of nitrogens with one attached hydrogen (secondary N) is 1. The number of rotatable bonds is 6. The fraction of sp³-hybridized carbons (Fsp3) is 0.692. The molecular weight excluding hydrogens is 292 g/mol. The smallest absolute Gasteiger partial charge is 0.245 e. The number of sulfonamides is 1. The van der Waals surface area contributed by atoms with Gasteiger partial charge in [0, 0.05) is 26.7 Å². The summed E-state index contributed by atoms with van der Waals surface area (Å²) in [6, 6.07) is 0. The van der Waals surface area contributed by atoms with Crippen molar-refractivity contribution in [3.63, 3.8) is 0 Å². The van der Waals surface area contributed by atoms with Crippen LogP contribution in [-0.4, -0.2) is 55.5 Å². The lowest BCUT2D eigenvalue weighted by atomic mass is 10.1. The molecule has 1 aromatic heterocycles. The Morgan fingerprint density at radius 2 is 2.10 bits per heavy atom. The van der Waals surface area contributed by atoms with Crippen molar-refractivity contribution >= 4 is 16.0 Å². The van der Waals surface area contributed by atoms with E-state index in [-0.39, 0.29) is 11.0 Å². The van der Waals surface area contributed by atoms with Crippen molar-refractivity contribution in [2.75, 3.05) is 32.1 Å². The molecule has 1 saturated heterocycles. The Labute approximate surface area is 125 Å². The van der Waals surface area contributed by atoms with Gasteiger partial charge in [-0.2, -0.15) is 4.31 Å². The number of nitrogens with zero attached hydrogens (tertiary/aromatic N) is 3. The van der Waals surface area contributed by atoms with Crippen LogP contribution in [-0.2, 0) is 14.8 Å². The molecule has 1 N–H and O–H groups in total. The van der Waals surface area contributed by atoms with E-state index in [1.165, 1.54) is 16.7 Å². The van der Waals surface area contributed by atoms with E-state index in [4.69, 9.17) is 4.74 Å². The summed E-state index contributed by atoms with van der Waals surface area (Å²) < 4.78 is 31.8.